The van der Waals surface area contributed by atoms with Crippen LogP contribution in [0.3, 0.4) is 0 Å². The van der Waals surface area contributed by atoms with Crippen LogP contribution in [0.4, 0.5) is 0 Å². The number of rotatable bonds is 0. The predicted octanol–water partition coefficient (Wildman–Crippen LogP) is -0.404. The first-order chi connectivity index (χ1) is 3.00. The minimum Gasteiger partial charge on any atom is -1.00 e. The first-order valence-electron chi connectivity index (χ1n) is 2.37. The van der Waals surface area contributed by atoms with E-state index in [1.807, 2.05) is 6.66 Å². The molecule has 0 N–H and O–H groups in total. The third-order valence-electron chi connectivity index (χ3n) is 0. The Morgan fingerprint density at radius 2 is 0.889 bits per heavy atom. The van der Waals surface area contributed by atoms with Crippen molar-refractivity contribution in [2.75, 3.05) is 33.3 Å². The van der Waals surface area contributed by atoms with Crippen LogP contribution in [0.25, 0.3) is 0 Å². The van der Waals surface area contributed by atoms with E-state index in [4.69, 9.17) is 0 Å². The van der Waals surface area contributed by atoms with Gasteiger partial charge in [0.1, 0.15) is 0 Å². The molecular formula is C5H18Br2P2. The average Bonchev–Trinajstić information content (AvgIpc) is 1.36. The van der Waals surface area contributed by atoms with Crippen molar-refractivity contribution in [2.45, 2.75) is 0 Å². The molecule has 0 spiro atoms. The summed E-state index contributed by atoms with van der Waals surface area (Å²) < 4.78 is 0. The van der Waals surface area contributed by atoms with Gasteiger partial charge in [0, 0.05) is 33.9 Å². The van der Waals surface area contributed by atoms with Gasteiger partial charge in [-0.05, 0) is 0 Å². The molecule has 0 aliphatic rings. The average molecular weight is 300 g/mol. The highest BCUT2D eigenvalue weighted by molar-refractivity contribution is 8.93. The van der Waals surface area contributed by atoms with E-state index < -0.39 is 0 Å². The maximum Gasteiger partial charge on any atom is 0.0481 e. The van der Waals surface area contributed by atoms with E-state index >= 15 is 0 Å². The maximum absolute atomic E-state index is 2.42. The SMILES string of the molecule is Br.CP.C[P+](C)(C)C.[Br-]. The molecular weight excluding hydrogens is 282 g/mol. The van der Waals surface area contributed by atoms with Gasteiger partial charge in [-0.3, -0.25) is 0 Å². The second-order valence-corrected chi connectivity index (χ2v) is 8.05. The van der Waals surface area contributed by atoms with Crippen LogP contribution < -0.4 is 17.0 Å². The van der Waals surface area contributed by atoms with E-state index in [9.17, 15) is 0 Å². The number of halogens is 2. The van der Waals surface area contributed by atoms with Crippen molar-refractivity contribution in [3.8, 4) is 0 Å². The monoisotopic (exact) mass is 298 g/mol. The van der Waals surface area contributed by atoms with Crippen molar-refractivity contribution in [2.24, 2.45) is 0 Å². The van der Waals surface area contributed by atoms with Crippen LogP contribution in [0.5, 0.6) is 0 Å². The summed E-state index contributed by atoms with van der Waals surface area (Å²) in [5.41, 5.74) is 0. The molecule has 0 fully saturated rings. The van der Waals surface area contributed by atoms with Gasteiger partial charge in [-0.15, -0.1) is 26.2 Å². The van der Waals surface area contributed by atoms with Crippen LogP contribution in [-0.2, 0) is 0 Å². The summed E-state index contributed by atoms with van der Waals surface area (Å²) in [5, 5.41) is 0. The molecule has 0 aromatic rings. The van der Waals surface area contributed by atoms with Crippen molar-refractivity contribution in [3.05, 3.63) is 0 Å². The maximum atomic E-state index is 2.42. The van der Waals surface area contributed by atoms with E-state index in [0.717, 1.165) is 0 Å². The van der Waals surface area contributed by atoms with Crippen molar-refractivity contribution >= 4 is 33.5 Å². The summed E-state index contributed by atoms with van der Waals surface area (Å²) in [6, 6.07) is 0. The molecule has 0 radical (unpaired) electrons. The Kier molecular flexibility index (Phi) is 31.1. The van der Waals surface area contributed by atoms with E-state index in [-0.39, 0.29) is 41.2 Å². The molecule has 0 aromatic carbocycles. The van der Waals surface area contributed by atoms with Crippen molar-refractivity contribution in [1.82, 2.24) is 0 Å². The predicted molar refractivity (Wildman–Crippen MR) is 56.6 cm³/mol. The van der Waals surface area contributed by atoms with Gasteiger partial charge in [0.05, 0.1) is 0 Å². The molecule has 9 heavy (non-hydrogen) atoms. The smallest absolute Gasteiger partial charge is 0.0481 e. The molecule has 0 heterocycles. The summed E-state index contributed by atoms with van der Waals surface area (Å²) in [7, 11) is 2.03. The zero-order valence-electron chi connectivity index (χ0n) is 6.81. The fourth-order valence-corrected chi connectivity index (χ4v) is 0. The summed E-state index contributed by atoms with van der Waals surface area (Å²) in [4.78, 5) is 0. The molecule has 0 bridgehead atoms. The molecule has 0 aliphatic carbocycles. The van der Waals surface area contributed by atoms with Gasteiger partial charge in [-0.2, -0.15) is 0 Å². The highest BCUT2D eigenvalue weighted by Crippen LogP contribution is 2.40. The normalized spacial score (nSPS) is 7.33. The van der Waals surface area contributed by atoms with E-state index in [1.165, 1.54) is 0 Å². The fraction of sp³-hybridized carbons (Fsp3) is 1.00. The van der Waals surface area contributed by atoms with Crippen LogP contribution in [-0.4, -0.2) is 33.3 Å². The first-order valence-corrected chi connectivity index (χ1v) is 7.10. The highest BCUT2D eigenvalue weighted by atomic mass is 79.9. The lowest BCUT2D eigenvalue weighted by atomic mass is 11.8. The highest BCUT2D eigenvalue weighted by Gasteiger charge is 2.03. The molecule has 1 atom stereocenters. The van der Waals surface area contributed by atoms with Crippen LogP contribution in [0.15, 0.2) is 0 Å². The molecule has 0 nitrogen and oxygen atoms in total. The lowest BCUT2D eigenvalue weighted by Gasteiger charge is -1.97. The summed E-state index contributed by atoms with van der Waals surface area (Å²) in [6.45, 7) is 11.1. The van der Waals surface area contributed by atoms with Gasteiger partial charge in [0.15, 0.2) is 0 Å². The van der Waals surface area contributed by atoms with Gasteiger partial charge < -0.3 is 17.0 Å². The number of hydrogen-bond donors (Lipinski definition) is 0. The molecule has 0 aromatic heterocycles. The number of hydrogen-bond acceptors (Lipinski definition) is 0. The molecule has 62 valence electrons. The molecule has 0 rings (SSSR count). The van der Waals surface area contributed by atoms with Gasteiger partial charge >= 0.3 is 0 Å². The van der Waals surface area contributed by atoms with E-state index in [1.54, 1.807) is 0 Å². The van der Waals surface area contributed by atoms with Crippen LogP contribution in [0, 0.1) is 0 Å². The van der Waals surface area contributed by atoms with Gasteiger partial charge in [-0.1, -0.05) is 6.66 Å². The molecule has 0 saturated carbocycles. The molecule has 1 unspecified atom stereocenters. The molecule has 0 aliphatic heterocycles. The third kappa shape index (κ3) is 181. The Bertz CT molecular complexity index is 28.4. The Balaban J connectivity index is -0.0000000286. The fourth-order valence-electron chi connectivity index (χ4n) is 0. The van der Waals surface area contributed by atoms with Gasteiger partial charge in [0.2, 0.25) is 0 Å². The summed E-state index contributed by atoms with van der Waals surface area (Å²) >= 11 is 0. The minimum atomic E-state index is -0.389. The van der Waals surface area contributed by atoms with Gasteiger partial charge in [-0.25, -0.2) is 0 Å². The molecule has 4 heteroatoms. The van der Waals surface area contributed by atoms with E-state index in [2.05, 4.69) is 35.9 Å². The lowest BCUT2D eigenvalue weighted by molar-refractivity contribution is -0.00000202. The largest absolute Gasteiger partial charge is 1.00 e. The Hall–Kier alpha value is 1.82. The summed E-state index contributed by atoms with van der Waals surface area (Å²) in [6.07, 6.45) is 0. The third-order valence-corrected chi connectivity index (χ3v) is 0. The summed E-state index contributed by atoms with van der Waals surface area (Å²) in [5.74, 6) is 0. The minimum absolute atomic E-state index is 0. The first kappa shape index (κ1) is 22.4. The zero-order chi connectivity index (χ0) is 6.50. The van der Waals surface area contributed by atoms with Crippen LogP contribution in [0.2, 0.25) is 0 Å². The quantitative estimate of drug-likeness (QED) is 0.534. The standard InChI is InChI=1S/C4H12P.CH5P.2BrH/c1-5(2,3)4;1-2;;/h1-4H3;2H2,1H3;2*1H/q+1;;;/p-1. The van der Waals surface area contributed by atoms with Crippen molar-refractivity contribution in [1.29, 1.82) is 0 Å². The second-order valence-electron chi connectivity index (χ2n) is 2.68. The van der Waals surface area contributed by atoms with Crippen LogP contribution >= 0.6 is 33.5 Å². The van der Waals surface area contributed by atoms with Crippen molar-refractivity contribution < 1.29 is 17.0 Å². The van der Waals surface area contributed by atoms with Crippen LogP contribution in [0.1, 0.15) is 0 Å². The Morgan fingerprint density at radius 1 is 0.889 bits per heavy atom. The van der Waals surface area contributed by atoms with Gasteiger partial charge in [0.25, 0.3) is 0 Å². The zero-order valence-corrected chi connectivity index (χ0v) is 12.2. The van der Waals surface area contributed by atoms with Crippen molar-refractivity contribution in [3.63, 3.8) is 0 Å². The topological polar surface area (TPSA) is 0 Å². The molecule has 0 saturated heterocycles. The van der Waals surface area contributed by atoms with E-state index in [0.29, 0.717) is 0 Å². The lowest BCUT2D eigenvalue weighted by Crippen LogP contribution is -3.00. The second kappa shape index (κ2) is 12.5. The Morgan fingerprint density at radius 3 is 0.889 bits per heavy atom. The Labute approximate surface area is 83.6 Å². The molecule has 0 amide bonds.